The van der Waals surface area contributed by atoms with Crippen LogP contribution in [0.1, 0.15) is 101 Å². The standard InChI is InChI=1S/C28H43N3O2.C7H7Cl.C6H8/c1-6-8-12-25(28(4)13-15-30(5)16-14-28)29-26(22(3)7-2)23-10-9-11-24(21-23)27(32)31-17-19-33-20-18-31;1-6-3-2-4-7(8)5-6;1-2-6-4-3-5-6/h9-12,21,29H,6-8,13-20H2,1-5H3;2-5H,1H3;1,3-5H2/b25-12-,26-22+;;. The Labute approximate surface area is 290 Å². The lowest BCUT2D eigenvalue weighted by molar-refractivity contribution is 0.0303. The average Bonchev–Trinajstić information content (AvgIpc) is 3.06. The lowest BCUT2D eigenvalue weighted by Crippen LogP contribution is -2.41. The summed E-state index contributed by atoms with van der Waals surface area (Å²) in [6.07, 6.45) is 11.8. The van der Waals surface area contributed by atoms with Crippen molar-refractivity contribution in [2.75, 3.05) is 46.4 Å². The summed E-state index contributed by atoms with van der Waals surface area (Å²) in [7, 11) is 2.21. The summed E-state index contributed by atoms with van der Waals surface area (Å²) in [4.78, 5) is 17.5. The van der Waals surface area contributed by atoms with Crippen molar-refractivity contribution in [3.05, 3.63) is 105 Å². The van der Waals surface area contributed by atoms with E-state index in [1.165, 1.54) is 41.7 Å². The van der Waals surface area contributed by atoms with E-state index in [9.17, 15) is 4.79 Å². The van der Waals surface area contributed by atoms with Gasteiger partial charge in [-0.15, -0.1) is 5.73 Å². The van der Waals surface area contributed by atoms with E-state index in [1.807, 2.05) is 48.2 Å². The van der Waals surface area contributed by atoms with Gasteiger partial charge in [-0.2, -0.15) is 0 Å². The maximum atomic E-state index is 13.1. The number of nitrogens with one attached hydrogen (secondary N) is 1. The molecule has 0 atom stereocenters. The van der Waals surface area contributed by atoms with Crippen LogP contribution in [0, 0.1) is 12.3 Å². The van der Waals surface area contributed by atoms with Crippen molar-refractivity contribution in [1.29, 1.82) is 0 Å². The van der Waals surface area contributed by atoms with Gasteiger partial charge in [0, 0.05) is 40.5 Å². The Bertz CT molecular complexity index is 1380. The molecular weight excluding hydrogens is 602 g/mol. The number of halogens is 1. The Balaban J connectivity index is 0.000000349. The molecule has 3 fully saturated rings. The second-order valence-electron chi connectivity index (χ2n) is 13.3. The topological polar surface area (TPSA) is 44.8 Å². The largest absolute Gasteiger partial charge is 0.378 e. The van der Waals surface area contributed by atoms with Crippen LogP contribution in [0.15, 0.2) is 83.8 Å². The number of likely N-dealkylation sites (tertiary alicyclic amines) is 1. The summed E-state index contributed by atoms with van der Waals surface area (Å²) in [6.45, 7) is 19.4. The smallest absolute Gasteiger partial charge is 0.254 e. The van der Waals surface area contributed by atoms with E-state index in [0.29, 0.717) is 26.3 Å². The SMILES string of the molecule is C=C=C1CCC1.CCC/C=C(\N/C(=C(\C)CC)c1cccc(C(=O)N2CCOCC2)c1)C1(C)CCN(C)CC1.Cc1cccc(Cl)c1. The fourth-order valence-electron chi connectivity index (χ4n) is 5.75. The number of rotatable bonds is 8. The molecule has 5 nitrogen and oxygen atoms in total. The van der Waals surface area contributed by atoms with Crippen molar-refractivity contribution >= 4 is 23.2 Å². The van der Waals surface area contributed by atoms with Crippen LogP contribution in [0.3, 0.4) is 0 Å². The highest BCUT2D eigenvalue weighted by atomic mass is 35.5. The monoisotopic (exact) mass is 659 g/mol. The van der Waals surface area contributed by atoms with E-state index in [2.05, 4.69) is 75.5 Å². The molecule has 1 N–H and O–H groups in total. The third-order valence-corrected chi connectivity index (χ3v) is 9.71. The summed E-state index contributed by atoms with van der Waals surface area (Å²) in [5.74, 6) is 0.0951. The predicted octanol–water partition coefficient (Wildman–Crippen LogP) is 9.84. The molecule has 0 unspecified atom stereocenters. The number of aryl methyl sites for hydroxylation is 1. The molecule has 2 aromatic rings. The number of piperidine rings is 1. The average molecular weight is 660 g/mol. The van der Waals surface area contributed by atoms with Crippen molar-refractivity contribution in [1.82, 2.24) is 15.1 Å². The number of morpholine rings is 1. The van der Waals surface area contributed by atoms with Gasteiger partial charge < -0.3 is 19.9 Å². The lowest BCUT2D eigenvalue weighted by atomic mass is 9.76. The fraction of sp³-hybridized carbons (Fsp3) is 0.512. The minimum absolute atomic E-state index is 0.0951. The van der Waals surface area contributed by atoms with Gasteiger partial charge >= 0.3 is 0 Å². The molecule has 2 aliphatic heterocycles. The summed E-state index contributed by atoms with van der Waals surface area (Å²) in [5.41, 5.74) is 11.3. The maximum absolute atomic E-state index is 13.1. The van der Waals surface area contributed by atoms with Crippen LogP contribution in [0.25, 0.3) is 5.70 Å². The van der Waals surface area contributed by atoms with Crippen LogP contribution in [0.2, 0.25) is 5.02 Å². The van der Waals surface area contributed by atoms with E-state index in [4.69, 9.17) is 16.3 Å². The number of carbonyl (C=O) groups is 1. The Morgan fingerprint density at radius 3 is 2.21 bits per heavy atom. The Morgan fingerprint density at radius 1 is 1.04 bits per heavy atom. The molecular formula is C41H58ClN3O2. The molecule has 1 aliphatic carbocycles. The quantitative estimate of drug-likeness (QED) is 0.287. The first-order valence-electron chi connectivity index (χ1n) is 17.5. The van der Waals surface area contributed by atoms with Gasteiger partial charge in [0.15, 0.2) is 0 Å². The van der Waals surface area contributed by atoms with Gasteiger partial charge in [0.1, 0.15) is 0 Å². The van der Waals surface area contributed by atoms with Gasteiger partial charge in [-0.1, -0.05) is 75.7 Å². The van der Waals surface area contributed by atoms with Crippen LogP contribution in [-0.4, -0.2) is 62.1 Å². The molecule has 256 valence electrons. The first-order valence-corrected chi connectivity index (χ1v) is 17.9. The summed E-state index contributed by atoms with van der Waals surface area (Å²) >= 11 is 5.64. The normalized spacial score (nSPS) is 18.3. The van der Waals surface area contributed by atoms with Gasteiger partial charge in [0.05, 0.1) is 13.2 Å². The second-order valence-corrected chi connectivity index (χ2v) is 13.8. The van der Waals surface area contributed by atoms with Gasteiger partial charge in [0.25, 0.3) is 5.91 Å². The van der Waals surface area contributed by atoms with Crippen molar-refractivity contribution in [3.8, 4) is 0 Å². The number of ether oxygens (including phenoxy) is 1. The van der Waals surface area contributed by atoms with Crippen LogP contribution in [-0.2, 0) is 4.74 Å². The molecule has 0 aromatic heterocycles. The van der Waals surface area contributed by atoms with Crippen molar-refractivity contribution < 1.29 is 9.53 Å². The Morgan fingerprint density at radius 2 is 1.70 bits per heavy atom. The number of allylic oxidation sites excluding steroid dienone is 4. The number of benzene rings is 2. The molecule has 5 rings (SSSR count). The molecule has 0 spiro atoms. The van der Waals surface area contributed by atoms with Crippen molar-refractivity contribution in [3.63, 3.8) is 0 Å². The number of unbranched alkanes of at least 4 members (excludes halogenated alkanes) is 1. The van der Waals surface area contributed by atoms with Crippen LogP contribution in [0.4, 0.5) is 0 Å². The zero-order valence-electron chi connectivity index (χ0n) is 29.9. The highest BCUT2D eigenvalue weighted by Crippen LogP contribution is 2.38. The maximum Gasteiger partial charge on any atom is 0.254 e. The van der Waals surface area contributed by atoms with Crippen LogP contribution >= 0.6 is 11.6 Å². The molecule has 3 aliphatic rings. The highest BCUT2D eigenvalue weighted by Gasteiger charge is 2.33. The van der Waals surface area contributed by atoms with E-state index >= 15 is 0 Å². The van der Waals surface area contributed by atoms with Crippen molar-refractivity contribution in [2.45, 2.75) is 86.0 Å². The van der Waals surface area contributed by atoms with Gasteiger partial charge in [-0.05, 0) is 125 Å². The molecule has 6 heteroatoms. The number of amides is 1. The van der Waals surface area contributed by atoms with Gasteiger partial charge in [-0.3, -0.25) is 4.79 Å². The highest BCUT2D eigenvalue weighted by molar-refractivity contribution is 6.30. The zero-order valence-corrected chi connectivity index (χ0v) is 30.6. The lowest BCUT2D eigenvalue weighted by Gasteiger charge is -2.40. The Hall–Kier alpha value is -3.08. The molecule has 2 aromatic carbocycles. The summed E-state index contributed by atoms with van der Waals surface area (Å²) < 4.78 is 5.42. The third kappa shape index (κ3) is 12.1. The van der Waals surface area contributed by atoms with E-state index in [1.54, 1.807) is 0 Å². The van der Waals surface area contributed by atoms with Crippen molar-refractivity contribution in [2.24, 2.45) is 5.41 Å². The second kappa shape index (κ2) is 19.7. The Kier molecular flexibility index (Phi) is 16.1. The summed E-state index contributed by atoms with van der Waals surface area (Å²) in [5, 5.41) is 4.71. The van der Waals surface area contributed by atoms with E-state index < -0.39 is 0 Å². The number of hydrogen-bond acceptors (Lipinski definition) is 4. The molecule has 2 saturated heterocycles. The minimum Gasteiger partial charge on any atom is -0.378 e. The third-order valence-electron chi connectivity index (χ3n) is 9.48. The summed E-state index contributed by atoms with van der Waals surface area (Å²) in [6, 6.07) is 15.9. The molecule has 1 amide bonds. The number of nitrogens with zero attached hydrogens (tertiary/aromatic N) is 2. The zero-order chi connectivity index (χ0) is 34.2. The van der Waals surface area contributed by atoms with E-state index in [-0.39, 0.29) is 11.3 Å². The van der Waals surface area contributed by atoms with E-state index in [0.717, 1.165) is 67.0 Å². The first-order chi connectivity index (χ1) is 22.6. The number of carbonyl (C=O) groups excluding carboxylic acids is 1. The number of hydrogen-bond donors (Lipinski definition) is 1. The van der Waals surface area contributed by atoms with Gasteiger partial charge in [0.2, 0.25) is 0 Å². The molecule has 0 radical (unpaired) electrons. The molecule has 0 bridgehead atoms. The molecule has 47 heavy (non-hydrogen) atoms. The minimum atomic E-state index is 0.0951. The molecule has 2 heterocycles. The fourth-order valence-corrected chi connectivity index (χ4v) is 5.99. The molecule has 1 saturated carbocycles. The first kappa shape index (κ1) is 38.4. The predicted molar refractivity (Wildman–Crippen MR) is 200 cm³/mol. The van der Waals surface area contributed by atoms with Gasteiger partial charge in [-0.25, -0.2) is 0 Å². The van der Waals surface area contributed by atoms with Crippen LogP contribution in [0.5, 0.6) is 0 Å². The van der Waals surface area contributed by atoms with Crippen LogP contribution < -0.4 is 5.32 Å².